The van der Waals surface area contributed by atoms with Gasteiger partial charge in [-0.15, -0.1) is 0 Å². The van der Waals surface area contributed by atoms with E-state index >= 15 is 0 Å². The van der Waals surface area contributed by atoms with Crippen molar-refractivity contribution in [2.75, 3.05) is 20.8 Å². The number of rotatable bonds is 5. The molecular weight excluding hydrogens is 350 g/mol. The Kier molecular flexibility index (Phi) is 5.84. The summed E-state index contributed by atoms with van der Waals surface area (Å²) in [6.45, 7) is 3.69. The van der Waals surface area contributed by atoms with Gasteiger partial charge in [0.1, 0.15) is 4.32 Å². The standard InChI is InChI=1S/C16H17NO5S2/c1-5-17-15(19)13(24-16(17)23)8-10-6-11(20-3)14(22-9(2)18)12(7-10)21-4/h6-8H,5H2,1-4H3. The van der Waals surface area contributed by atoms with Gasteiger partial charge in [0.25, 0.3) is 5.91 Å². The molecule has 8 heteroatoms. The summed E-state index contributed by atoms with van der Waals surface area (Å²) < 4.78 is 16.2. The molecule has 0 saturated carbocycles. The van der Waals surface area contributed by atoms with Gasteiger partial charge in [-0.25, -0.2) is 0 Å². The van der Waals surface area contributed by atoms with E-state index in [9.17, 15) is 9.59 Å². The number of hydrogen-bond acceptors (Lipinski definition) is 7. The van der Waals surface area contributed by atoms with E-state index in [-0.39, 0.29) is 11.7 Å². The first-order chi connectivity index (χ1) is 11.4. The zero-order valence-corrected chi connectivity index (χ0v) is 15.4. The van der Waals surface area contributed by atoms with Crippen molar-refractivity contribution >= 4 is 46.3 Å². The molecule has 1 aliphatic heterocycles. The van der Waals surface area contributed by atoms with Gasteiger partial charge in [-0.3, -0.25) is 14.5 Å². The Hall–Kier alpha value is -2.06. The molecule has 1 aromatic carbocycles. The topological polar surface area (TPSA) is 65.1 Å². The summed E-state index contributed by atoms with van der Waals surface area (Å²) in [6.07, 6.45) is 1.71. The number of amides is 1. The summed E-state index contributed by atoms with van der Waals surface area (Å²) in [4.78, 5) is 25.6. The maximum absolute atomic E-state index is 12.3. The fraction of sp³-hybridized carbons (Fsp3) is 0.312. The van der Waals surface area contributed by atoms with Crippen LogP contribution in [-0.4, -0.2) is 41.9 Å². The van der Waals surface area contributed by atoms with Gasteiger partial charge in [0.2, 0.25) is 5.75 Å². The number of ether oxygens (including phenoxy) is 3. The van der Waals surface area contributed by atoms with E-state index in [1.54, 1.807) is 18.2 Å². The van der Waals surface area contributed by atoms with Crippen LogP contribution in [0, 0.1) is 0 Å². The fourth-order valence-corrected chi connectivity index (χ4v) is 3.54. The van der Waals surface area contributed by atoms with Gasteiger partial charge < -0.3 is 14.2 Å². The average Bonchev–Trinajstić information content (AvgIpc) is 2.81. The monoisotopic (exact) mass is 367 g/mol. The van der Waals surface area contributed by atoms with Gasteiger partial charge in [0, 0.05) is 13.5 Å². The van der Waals surface area contributed by atoms with Crippen molar-refractivity contribution in [3.05, 3.63) is 22.6 Å². The molecule has 1 heterocycles. The van der Waals surface area contributed by atoms with Crippen molar-refractivity contribution in [3.8, 4) is 17.2 Å². The SMILES string of the molecule is CCN1C(=O)C(=Cc2cc(OC)c(OC(C)=O)c(OC)c2)SC1=S. The second kappa shape index (κ2) is 7.67. The van der Waals surface area contributed by atoms with Crippen LogP contribution in [0.1, 0.15) is 19.4 Å². The molecule has 24 heavy (non-hydrogen) atoms. The molecule has 0 unspecified atom stereocenters. The highest BCUT2D eigenvalue weighted by Gasteiger charge is 2.30. The molecule has 0 atom stereocenters. The summed E-state index contributed by atoms with van der Waals surface area (Å²) >= 11 is 6.44. The van der Waals surface area contributed by atoms with Crippen molar-refractivity contribution in [3.63, 3.8) is 0 Å². The van der Waals surface area contributed by atoms with Crippen LogP contribution < -0.4 is 14.2 Å². The molecular formula is C16H17NO5S2. The molecule has 6 nitrogen and oxygen atoms in total. The Morgan fingerprint density at radius 3 is 2.29 bits per heavy atom. The van der Waals surface area contributed by atoms with E-state index in [4.69, 9.17) is 26.4 Å². The number of hydrogen-bond donors (Lipinski definition) is 0. The van der Waals surface area contributed by atoms with Crippen molar-refractivity contribution in [2.24, 2.45) is 0 Å². The van der Waals surface area contributed by atoms with Crippen LogP contribution in [0.2, 0.25) is 0 Å². The first-order valence-corrected chi connectivity index (χ1v) is 8.33. The number of methoxy groups -OCH3 is 2. The minimum absolute atomic E-state index is 0.130. The molecule has 0 N–H and O–H groups in total. The van der Waals surface area contributed by atoms with E-state index in [0.29, 0.717) is 32.8 Å². The van der Waals surface area contributed by atoms with E-state index in [0.717, 1.165) is 0 Å². The smallest absolute Gasteiger partial charge is 0.308 e. The van der Waals surface area contributed by atoms with E-state index in [2.05, 4.69) is 0 Å². The number of thioether (sulfide) groups is 1. The third kappa shape index (κ3) is 3.70. The molecule has 1 amide bonds. The van der Waals surface area contributed by atoms with Crippen LogP contribution in [0.15, 0.2) is 17.0 Å². The predicted octanol–water partition coefficient (Wildman–Crippen LogP) is 2.85. The number of likely N-dealkylation sites (N-methyl/N-ethyl adjacent to an activating group) is 1. The average molecular weight is 367 g/mol. The summed E-state index contributed by atoms with van der Waals surface area (Å²) in [5.74, 6) is 0.256. The van der Waals surface area contributed by atoms with Gasteiger partial charge >= 0.3 is 5.97 Å². The molecule has 0 aliphatic carbocycles. The quantitative estimate of drug-likeness (QED) is 0.343. The highest BCUT2D eigenvalue weighted by molar-refractivity contribution is 8.26. The highest BCUT2D eigenvalue weighted by Crippen LogP contribution is 2.40. The highest BCUT2D eigenvalue weighted by atomic mass is 32.2. The maximum Gasteiger partial charge on any atom is 0.308 e. The Morgan fingerprint density at radius 2 is 1.88 bits per heavy atom. The lowest BCUT2D eigenvalue weighted by atomic mass is 10.1. The molecule has 2 rings (SSSR count). The van der Waals surface area contributed by atoms with Gasteiger partial charge in [-0.1, -0.05) is 24.0 Å². The van der Waals surface area contributed by atoms with Crippen molar-refractivity contribution in [1.82, 2.24) is 4.90 Å². The predicted molar refractivity (Wildman–Crippen MR) is 96.4 cm³/mol. The van der Waals surface area contributed by atoms with Gasteiger partial charge in [-0.05, 0) is 30.7 Å². The second-order valence-electron chi connectivity index (χ2n) is 4.77. The van der Waals surface area contributed by atoms with Crippen LogP contribution in [0.5, 0.6) is 17.2 Å². The van der Waals surface area contributed by atoms with E-state index < -0.39 is 5.97 Å². The summed E-state index contributed by atoms with van der Waals surface area (Å²) in [5, 5.41) is 0. The number of nitrogens with zero attached hydrogens (tertiary/aromatic N) is 1. The minimum atomic E-state index is -0.483. The molecule has 0 radical (unpaired) electrons. The van der Waals surface area contributed by atoms with Gasteiger partial charge in [-0.2, -0.15) is 0 Å². The number of carbonyl (C=O) groups excluding carboxylic acids is 2. The normalized spacial score (nSPS) is 15.8. The van der Waals surface area contributed by atoms with Crippen LogP contribution >= 0.6 is 24.0 Å². The Morgan fingerprint density at radius 1 is 1.29 bits per heavy atom. The van der Waals surface area contributed by atoms with E-state index in [1.165, 1.54) is 37.8 Å². The zero-order valence-electron chi connectivity index (χ0n) is 13.7. The van der Waals surface area contributed by atoms with Crippen molar-refractivity contribution in [1.29, 1.82) is 0 Å². The van der Waals surface area contributed by atoms with Crippen LogP contribution in [-0.2, 0) is 9.59 Å². The molecule has 0 bridgehead atoms. The lowest BCUT2D eigenvalue weighted by molar-refractivity contribution is -0.132. The summed E-state index contributed by atoms with van der Waals surface area (Å²) in [6, 6.07) is 3.33. The Balaban J connectivity index is 2.45. The van der Waals surface area contributed by atoms with Crippen LogP contribution in [0.25, 0.3) is 6.08 Å². The van der Waals surface area contributed by atoms with Crippen LogP contribution in [0.3, 0.4) is 0 Å². The van der Waals surface area contributed by atoms with E-state index in [1.807, 2.05) is 6.92 Å². The third-order valence-corrected chi connectivity index (χ3v) is 4.59. The number of thiocarbonyl (C=S) groups is 1. The van der Waals surface area contributed by atoms with Gasteiger partial charge in [0.15, 0.2) is 11.5 Å². The summed E-state index contributed by atoms with van der Waals surface area (Å²) in [5.41, 5.74) is 0.677. The van der Waals surface area contributed by atoms with Crippen LogP contribution in [0.4, 0.5) is 0 Å². The summed E-state index contributed by atoms with van der Waals surface area (Å²) in [7, 11) is 2.92. The maximum atomic E-state index is 12.3. The molecule has 1 aromatic rings. The zero-order chi connectivity index (χ0) is 17.9. The largest absolute Gasteiger partial charge is 0.493 e. The molecule has 0 spiro atoms. The lowest BCUT2D eigenvalue weighted by Crippen LogP contribution is -2.27. The second-order valence-corrected chi connectivity index (χ2v) is 6.45. The molecule has 1 fully saturated rings. The number of benzene rings is 1. The number of carbonyl (C=O) groups is 2. The Labute approximate surface area is 149 Å². The van der Waals surface area contributed by atoms with Crippen molar-refractivity contribution < 1.29 is 23.8 Å². The first-order valence-electron chi connectivity index (χ1n) is 7.11. The Bertz CT molecular complexity index is 704. The van der Waals surface area contributed by atoms with Gasteiger partial charge in [0.05, 0.1) is 19.1 Å². The third-order valence-electron chi connectivity index (χ3n) is 3.22. The lowest BCUT2D eigenvalue weighted by Gasteiger charge is -2.13. The first kappa shape index (κ1) is 18.3. The molecule has 128 valence electrons. The number of esters is 1. The fourth-order valence-electron chi connectivity index (χ4n) is 2.15. The molecule has 1 aliphatic rings. The minimum Gasteiger partial charge on any atom is -0.493 e. The molecule has 0 aromatic heterocycles. The molecule has 1 saturated heterocycles. The van der Waals surface area contributed by atoms with Crippen molar-refractivity contribution in [2.45, 2.75) is 13.8 Å².